The van der Waals surface area contributed by atoms with Gasteiger partial charge >= 0.3 is 5.97 Å². The summed E-state index contributed by atoms with van der Waals surface area (Å²) in [5.74, 6) is -2.93. The number of alkyl halides is 2. The van der Waals surface area contributed by atoms with Gasteiger partial charge in [0, 0.05) is 22.8 Å². The summed E-state index contributed by atoms with van der Waals surface area (Å²) < 4.78 is 35.8. The number of nitrogen functional groups attached to an aromatic ring is 1. The van der Waals surface area contributed by atoms with E-state index in [4.69, 9.17) is 10.5 Å². The largest absolute Gasteiger partial charge is 0.497 e. The predicted molar refractivity (Wildman–Crippen MR) is 83.5 cm³/mol. The lowest BCUT2D eigenvalue weighted by atomic mass is 10.0. The van der Waals surface area contributed by atoms with Crippen LogP contribution < -0.4 is 10.5 Å². The predicted octanol–water partition coefficient (Wildman–Crippen LogP) is 3.59. The Balaban J connectivity index is 2.72. The molecule has 0 amide bonds. The molecule has 1 atom stereocenters. The molecule has 0 spiro atoms. The van der Waals surface area contributed by atoms with Crippen LogP contribution in [0.5, 0.6) is 5.75 Å². The molecule has 0 aliphatic rings. The number of halogens is 2. The Hall–Kier alpha value is -1.50. The molecule has 0 aromatic heterocycles. The molecule has 124 valence electrons. The molecule has 0 aliphatic carbocycles. The van der Waals surface area contributed by atoms with Gasteiger partial charge in [0.05, 0.1) is 20.1 Å². The maximum atomic E-state index is 13.0. The van der Waals surface area contributed by atoms with Gasteiger partial charge in [-0.15, -0.1) is 11.8 Å². The molecule has 1 aromatic rings. The van der Waals surface area contributed by atoms with Gasteiger partial charge in [0.1, 0.15) is 5.75 Å². The average molecular weight is 333 g/mol. The molecule has 0 heterocycles. The van der Waals surface area contributed by atoms with Crippen LogP contribution in [0.4, 0.5) is 14.5 Å². The fourth-order valence-corrected chi connectivity index (χ4v) is 2.94. The summed E-state index contributed by atoms with van der Waals surface area (Å²) in [6.45, 7) is 0.842. The number of carbonyl (C=O) groups is 1. The molecular formula is C15H21F2NO3S. The lowest BCUT2D eigenvalue weighted by molar-refractivity contribution is -0.145. The number of nitrogens with two attached hydrogens (primary N) is 1. The number of rotatable bonds is 8. The third-order valence-corrected chi connectivity index (χ3v) is 4.36. The first-order valence-corrected chi connectivity index (χ1v) is 7.77. The first-order valence-electron chi connectivity index (χ1n) is 6.79. The van der Waals surface area contributed by atoms with Crippen molar-refractivity contribution in [3.05, 3.63) is 18.2 Å². The zero-order chi connectivity index (χ0) is 16.8. The van der Waals surface area contributed by atoms with Gasteiger partial charge in [0.25, 0.3) is 0 Å². The van der Waals surface area contributed by atoms with Gasteiger partial charge in [-0.1, -0.05) is 0 Å². The van der Waals surface area contributed by atoms with Crippen LogP contribution in [-0.4, -0.2) is 31.9 Å². The zero-order valence-electron chi connectivity index (χ0n) is 12.9. The Kier molecular flexibility index (Phi) is 6.93. The van der Waals surface area contributed by atoms with Gasteiger partial charge in [-0.25, -0.2) is 8.78 Å². The van der Waals surface area contributed by atoms with Gasteiger partial charge in [-0.2, -0.15) is 0 Å². The highest BCUT2D eigenvalue weighted by Gasteiger charge is 2.27. The first kappa shape index (κ1) is 18.5. The smallest absolute Gasteiger partial charge is 0.309 e. The van der Waals surface area contributed by atoms with Crippen molar-refractivity contribution in [2.75, 3.05) is 25.7 Å². The molecule has 0 fully saturated rings. The average Bonchev–Trinajstić information content (AvgIpc) is 2.47. The third-order valence-electron chi connectivity index (χ3n) is 3.13. The maximum Gasteiger partial charge on any atom is 0.309 e. The van der Waals surface area contributed by atoms with E-state index in [1.54, 1.807) is 25.3 Å². The topological polar surface area (TPSA) is 61.5 Å². The third kappa shape index (κ3) is 6.09. The molecule has 22 heavy (non-hydrogen) atoms. The van der Waals surface area contributed by atoms with E-state index in [0.717, 1.165) is 11.8 Å². The van der Waals surface area contributed by atoms with E-state index in [0.29, 0.717) is 17.2 Å². The number of benzene rings is 1. The number of methoxy groups -OCH3 is 2. The van der Waals surface area contributed by atoms with E-state index in [2.05, 4.69) is 4.74 Å². The summed E-state index contributed by atoms with van der Waals surface area (Å²) in [5.41, 5.74) is 6.42. The highest BCUT2D eigenvalue weighted by molar-refractivity contribution is 7.99. The minimum atomic E-state index is -2.80. The fraction of sp³-hybridized carbons (Fsp3) is 0.533. The second-order valence-electron chi connectivity index (χ2n) is 5.04. The first-order chi connectivity index (χ1) is 10.3. The molecule has 1 unspecified atom stereocenters. The molecule has 4 nitrogen and oxygen atoms in total. The molecule has 1 rings (SSSR count). The Bertz CT molecular complexity index is 506. The SMILES string of the molecule is COC(=O)C(CCC(C)(F)F)CSc1cc(OC)ccc1N. The number of hydrogen-bond donors (Lipinski definition) is 1. The number of ether oxygens (including phenoxy) is 2. The Morgan fingerprint density at radius 3 is 2.64 bits per heavy atom. The highest BCUT2D eigenvalue weighted by atomic mass is 32.2. The quantitative estimate of drug-likeness (QED) is 0.447. The minimum Gasteiger partial charge on any atom is -0.497 e. The van der Waals surface area contributed by atoms with Crippen molar-refractivity contribution in [1.29, 1.82) is 0 Å². The number of anilines is 1. The molecule has 0 radical (unpaired) electrons. The second kappa shape index (κ2) is 8.22. The second-order valence-corrected chi connectivity index (χ2v) is 6.11. The van der Waals surface area contributed by atoms with Gasteiger partial charge in [0.2, 0.25) is 5.92 Å². The minimum absolute atomic E-state index is 0.0625. The number of hydrogen-bond acceptors (Lipinski definition) is 5. The van der Waals surface area contributed by atoms with E-state index >= 15 is 0 Å². The van der Waals surface area contributed by atoms with Gasteiger partial charge in [-0.05, 0) is 31.5 Å². The van der Waals surface area contributed by atoms with Gasteiger partial charge in [-0.3, -0.25) is 4.79 Å². The standard InChI is InChI=1S/C15H21F2NO3S/c1-15(16,17)7-6-10(14(19)21-3)9-22-13-8-11(20-2)4-5-12(13)18/h4-5,8,10H,6-7,9,18H2,1-3H3. The molecule has 7 heteroatoms. The van der Waals surface area contributed by atoms with Gasteiger partial charge in [0.15, 0.2) is 0 Å². The Morgan fingerprint density at radius 2 is 2.09 bits per heavy atom. The van der Waals surface area contributed by atoms with Crippen LogP contribution in [-0.2, 0) is 9.53 Å². The summed E-state index contributed by atoms with van der Waals surface area (Å²) in [5, 5.41) is 0. The van der Waals surface area contributed by atoms with E-state index in [1.807, 2.05) is 0 Å². The summed E-state index contributed by atoms with van der Waals surface area (Å²) in [6.07, 6.45) is -0.298. The van der Waals surface area contributed by atoms with Crippen LogP contribution in [0.3, 0.4) is 0 Å². The van der Waals surface area contributed by atoms with E-state index in [9.17, 15) is 13.6 Å². The zero-order valence-corrected chi connectivity index (χ0v) is 13.7. The van der Waals surface area contributed by atoms with Crippen LogP contribution in [0.15, 0.2) is 23.1 Å². The molecule has 1 aromatic carbocycles. The fourth-order valence-electron chi connectivity index (χ4n) is 1.82. The van der Waals surface area contributed by atoms with Crippen molar-refractivity contribution in [1.82, 2.24) is 0 Å². The number of esters is 1. The Labute approximate surface area is 133 Å². The van der Waals surface area contributed by atoms with Crippen molar-refractivity contribution in [2.45, 2.75) is 30.6 Å². The highest BCUT2D eigenvalue weighted by Crippen LogP contribution is 2.32. The van der Waals surface area contributed by atoms with Crippen LogP contribution in [0, 0.1) is 5.92 Å². The normalized spacial score (nSPS) is 12.8. The van der Waals surface area contributed by atoms with Crippen molar-refractivity contribution >= 4 is 23.4 Å². The summed E-state index contributed by atoms with van der Waals surface area (Å²) in [6, 6.07) is 5.19. The molecule has 0 saturated carbocycles. The van der Waals surface area contributed by atoms with E-state index in [1.165, 1.54) is 18.9 Å². The van der Waals surface area contributed by atoms with E-state index in [-0.39, 0.29) is 12.8 Å². The van der Waals surface area contributed by atoms with Crippen LogP contribution >= 0.6 is 11.8 Å². The molecule has 0 bridgehead atoms. The lowest BCUT2D eigenvalue weighted by Crippen LogP contribution is -2.22. The van der Waals surface area contributed by atoms with Crippen molar-refractivity contribution in [2.24, 2.45) is 5.92 Å². The molecule has 0 saturated heterocycles. The monoisotopic (exact) mass is 333 g/mol. The lowest BCUT2D eigenvalue weighted by Gasteiger charge is -2.17. The van der Waals surface area contributed by atoms with Crippen molar-refractivity contribution < 1.29 is 23.0 Å². The van der Waals surface area contributed by atoms with Crippen molar-refractivity contribution in [3.8, 4) is 5.75 Å². The molecular weight excluding hydrogens is 312 g/mol. The number of carbonyl (C=O) groups excluding carboxylic acids is 1. The Morgan fingerprint density at radius 1 is 1.41 bits per heavy atom. The van der Waals surface area contributed by atoms with Gasteiger partial charge < -0.3 is 15.2 Å². The van der Waals surface area contributed by atoms with Crippen molar-refractivity contribution in [3.63, 3.8) is 0 Å². The van der Waals surface area contributed by atoms with E-state index < -0.39 is 17.8 Å². The van der Waals surface area contributed by atoms with Crippen LogP contribution in [0.2, 0.25) is 0 Å². The number of thioether (sulfide) groups is 1. The van der Waals surface area contributed by atoms with Crippen LogP contribution in [0.25, 0.3) is 0 Å². The molecule has 0 aliphatic heterocycles. The van der Waals surface area contributed by atoms with Crippen LogP contribution in [0.1, 0.15) is 19.8 Å². The molecule has 2 N–H and O–H groups in total. The maximum absolute atomic E-state index is 13.0. The summed E-state index contributed by atoms with van der Waals surface area (Å²) >= 11 is 1.33. The summed E-state index contributed by atoms with van der Waals surface area (Å²) in [7, 11) is 2.80. The summed E-state index contributed by atoms with van der Waals surface area (Å²) in [4.78, 5) is 12.5.